The van der Waals surface area contributed by atoms with Crippen molar-refractivity contribution >= 4 is 22.6 Å². The quantitative estimate of drug-likeness (QED) is 0.850. The van der Waals surface area contributed by atoms with Crippen molar-refractivity contribution < 1.29 is 22.9 Å². The summed E-state index contributed by atoms with van der Waals surface area (Å²) in [6, 6.07) is 5.62. The van der Waals surface area contributed by atoms with Gasteiger partial charge in [0.25, 0.3) is 0 Å². The Morgan fingerprint density at radius 3 is 2.54 bits per heavy atom. The van der Waals surface area contributed by atoms with E-state index in [1.807, 2.05) is 0 Å². The second kappa shape index (κ2) is 7.84. The number of carbonyl (C=O) groups is 2. The molecule has 0 saturated carbocycles. The summed E-state index contributed by atoms with van der Waals surface area (Å²) in [6.45, 7) is 3.11. The fourth-order valence-corrected chi connectivity index (χ4v) is 5.02. The van der Waals surface area contributed by atoms with Crippen LogP contribution in [0.2, 0.25) is 0 Å². The van der Waals surface area contributed by atoms with E-state index in [9.17, 15) is 18.2 Å². The number of ether oxygens (including phenoxy) is 1. The smallest absolute Gasteiger partial charge is 0.248 e. The van der Waals surface area contributed by atoms with E-state index in [1.54, 1.807) is 4.90 Å². The van der Waals surface area contributed by atoms with Gasteiger partial charge in [0, 0.05) is 51.0 Å². The van der Waals surface area contributed by atoms with Crippen LogP contribution in [0.3, 0.4) is 0 Å². The molecule has 2 unspecified atom stereocenters. The molecule has 0 radical (unpaired) electrons. The molecule has 142 valence electrons. The number of hydrogen-bond acceptors (Lipinski definition) is 4. The van der Waals surface area contributed by atoms with Gasteiger partial charge in [-0.15, -0.1) is 0 Å². The van der Waals surface area contributed by atoms with Gasteiger partial charge in [-0.05, 0) is 30.7 Å². The van der Waals surface area contributed by atoms with Crippen molar-refractivity contribution in [1.82, 2.24) is 10.2 Å². The number of nitrogens with zero attached hydrogens (tertiary/aromatic N) is 1. The third-order valence-corrected chi connectivity index (χ3v) is 6.68. The first-order valence-electron chi connectivity index (χ1n) is 8.73. The maximum absolute atomic E-state index is 13.1. The molecule has 2 amide bonds. The summed E-state index contributed by atoms with van der Waals surface area (Å²) < 4.78 is 31.1. The fraction of sp³-hybridized carbons (Fsp3) is 0.556. The molecule has 3 rings (SSSR count). The van der Waals surface area contributed by atoms with Crippen LogP contribution in [0.1, 0.15) is 26.2 Å². The van der Waals surface area contributed by atoms with Gasteiger partial charge in [0.05, 0.1) is 16.0 Å². The van der Waals surface area contributed by atoms with Crippen molar-refractivity contribution in [1.29, 1.82) is 0 Å². The Kier molecular flexibility index (Phi) is 5.72. The number of carbonyl (C=O) groups excluding carboxylic acids is 2. The second-order valence-electron chi connectivity index (χ2n) is 6.79. The average molecular weight is 382 g/mol. The predicted octanol–water partition coefficient (Wildman–Crippen LogP) is 1.22. The minimum Gasteiger partial charge on any atom is -0.381 e. The third-order valence-electron chi connectivity index (χ3n) is 4.95. The van der Waals surface area contributed by atoms with Crippen LogP contribution in [0.4, 0.5) is 4.39 Å². The Labute approximate surface area is 154 Å². The van der Waals surface area contributed by atoms with Gasteiger partial charge in [-0.25, -0.2) is 4.39 Å². The molecular weight excluding hydrogens is 359 g/mol. The van der Waals surface area contributed by atoms with E-state index in [2.05, 4.69) is 5.32 Å². The first-order valence-corrected chi connectivity index (χ1v) is 9.95. The van der Waals surface area contributed by atoms with Crippen LogP contribution < -0.4 is 5.32 Å². The highest BCUT2D eigenvalue weighted by Gasteiger charge is 2.45. The van der Waals surface area contributed by atoms with E-state index in [0.717, 1.165) is 0 Å². The Hall–Kier alpha value is -1.80. The molecule has 8 heteroatoms. The molecule has 6 nitrogen and oxygen atoms in total. The van der Waals surface area contributed by atoms with Crippen LogP contribution in [0, 0.1) is 5.82 Å². The number of amides is 2. The van der Waals surface area contributed by atoms with Gasteiger partial charge in [-0.1, -0.05) is 0 Å². The van der Waals surface area contributed by atoms with Crippen molar-refractivity contribution in [3.8, 4) is 0 Å². The molecule has 1 N–H and O–H groups in total. The largest absolute Gasteiger partial charge is 0.381 e. The van der Waals surface area contributed by atoms with Gasteiger partial charge in [0.1, 0.15) is 11.4 Å². The molecule has 2 atom stereocenters. The number of hydrogen-bond donors (Lipinski definition) is 1. The minimum absolute atomic E-state index is 0.130. The van der Waals surface area contributed by atoms with Crippen molar-refractivity contribution in [2.45, 2.75) is 41.9 Å². The van der Waals surface area contributed by atoms with Gasteiger partial charge in [0.2, 0.25) is 11.8 Å². The molecule has 26 heavy (non-hydrogen) atoms. The van der Waals surface area contributed by atoms with E-state index < -0.39 is 16.3 Å². The van der Waals surface area contributed by atoms with Gasteiger partial charge in [-0.3, -0.25) is 13.8 Å². The molecule has 1 aromatic rings. The molecule has 2 saturated heterocycles. The van der Waals surface area contributed by atoms with E-state index in [1.165, 1.54) is 31.2 Å². The summed E-state index contributed by atoms with van der Waals surface area (Å²) in [7, 11) is -1.31. The van der Waals surface area contributed by atoms with Crippen LogP contribution >= 0.6 is 0 Å². The third kappa shape index (κ3) is 3.96. The van der Waals surface area contributed by atoms with Crippen LogP contribution in [0.15, 0.2) is 29.2 Å². The Bertz CT molecular complexity index is 704. The summed E-state index contributed by atoms with van der Waals surface area (Å²) in [5.41, 5.74) is -0.934. The Morgan fingerprint density at radius 1 is 1.27 bits per heavy atom. The standard InChI is InChI=1S/C18H23FN2O4S/c1-13(22)20-18(7-10-25-11-8-18)17(23)21-9-6-16(12-21)26(24)15-4-2-14(19)3-5-15/h2-5,16H,6-12H2,1H3,(H,20,22). The van der Waals surface area contributed by atoms with E-state index >= 15 is 0 Å². The number of halogens is 1. The topological polar surface area (TPSA) is 75.7 Å². The van der Waals surface area contributed by atoms with Gasteiger partial charge in [-0.2, -0.15) is 0 Å². The zero-order valence-corrected chi connectivity index (χ0v) is 15.5. The zero-order valence-electron chi connectivity index (χ0n) is 14.7. The molecule has 0 aliphatic carbocycles. The van der Waals surface area contributed by atoms with Crippen LogP contribution in [-0.4, -0.2) is 58.0 Å². The molecule has 2 fully saturated rings. The van der Waals surface area contributed by atoms with E-state index in [0.29, 0.717) is 50.5 Å². The molecule has 0 bridgehead atoms. The first-order chi connectivity index (χ1) is 12.4. The second-order valence-corrected chi connectivity index (χ2v) is 8.52. The SMILES string of the molecule is CC(=O)NC1(C(=O)N2CCC(S(=O)c3ccc(F)cc3)C2)CCOCC1. The van der Waals surface area contributed by atoms with Crippen molar-refractivity contribution in [2.75, 3.05) is 26.3 Å². The number of likely N-dealkylation sites (tertiary alicyclic amines) is 1. The lowest BCUT2D eigenvalue weighted by Crippen LogP contribution is -2.61. The van der Waals surface area contributed by atoms with Gasteiger partial charge >= 0.3 is 0 Å². The number of nitrogens with one attached hydrogen (secondary N) is 1. The number of rotatable bonds is 4. The first kappa shape index (κ1) is 19.0. The monoisotopic (exact) mass is 382 g/mol. The van der Waals surface area contributed by atoms with Crippen LogP contribution in [-0.2, 0) is 25.1 Å². The molecule has 2 aliphatic rings. The minimum atomic E-state index is -1.31. The average Bonchev–Trinajstić information content (AvgIpc) is 3.11. The highest BCUT2D eigenvalue weighted by atomic mass is 32.2. The lowest BCUT2D eigenvalue weighted by molar-refractivity contribution is -0.144. The normalized spacial score (nSPS) is 23.5. The maximum Gasteiger partial charge on any atom is 0.248 e. The fourth-order valence-electron chi connectivity index (χ4n) is 3.60. The lowest BCUT2D eigenvalue weighted by Gasteiger charge is -2.39. The van der Waals surface area contributed by atoms with E-state index in [4.69, 9.17) is 4.74 Å². The molecule has 0 aromatic heterocycles. The highest BCUT2D eigenvalue weighted by Crippen LogP contribution is 2.28. The summed E-state index contributed by atoms with van der Waals surface area (Å²) in [5, 5.41) is 2.63. The molecule has 2 heterocycles. The lowest BCUT2D eigenvalue weighted by atomic mass is 9.88. The number of benzene rings is 1. The summed E-state index contributed by atoms with van der Waals surface area (Å²) in [4.78, 5) is 27.0. The zero-order chi connectivity index (χ0) is 18.7. The predicted molar refractivity (Wildman–Crippen MR) is 94.4 cm³/mol. The van der Waals surface area contributed by atoms with Crippen LogP contribution in [0.25, 0.3) is 0 Å². The molecular formula is C18H23FN2O4S. The maximum atomic E-state index is 13.1. The Morgan fingerprint density at radius 2 is 1.92 bits per heavy atom. The van der Waals surface area contributed by atoms with E-state index in [-0.39, 0.29) is 22.9 Å². The van der Waals surface area contributed by atoms with Gasteiger partial charge in [0.15, 0.2) is 0 Å². The van der Waals surface area contributed by atoms with Gasteiger partial charge < -0.3 is 15.0 Å². The Balaban J connectivity index is 1.70. The van der Waals surface area contributed by atoms with Crippen molar-refractivity contribution in [3.63, 3.8) is 0 Å². The summed E-state index contributed by atoms with van der Waals surface area (Å²) >= 11 is 0. The molecule has 0 spiro atoms. The summed E-state index contributed by atoms with van der Waals surface area (Å²) in [5.74, 6) is -0.744. The molecule has 1 aromatic carbocycles. The van der Waals surface area contributed by atoms with Crippen molar-refractivity contribution in [3.05, 3.63) is 30.1 Å². The van der Waals surface area contributed by atoms with Crippen LogP contribution in [0.5, 0.6) is 0 Å². The highest BCUT2D eigenvalue weighted by molar-refractivity contribution is 7.85. The molecule has 2 aliphatic heterocycles. The summed E-state index contributed by atoms with van der Waals surface area (Å²) in [6.07, 6.45) is 1.49. The van der Waals surface area contributed by atoms with Crippen molar-refractivity contribution in [2.24, 2.45) is 0 Å².